The van der Waals surface area contributed by atoms with Gasteiger partial charge < -0.3 is 24.9 Å². The summed E-state index contributed by atoms with van der Waals surface area (Å²) in [6, 6.07) is 7.84. The van der Waals surface area contributed by atoms with E-state index in [9.17, 15) is 13.6 Å². The molecule has 2 aromatic carbocycles. The van der Waals surface area contributed by atoms with Gasteiger partial charge in [-0.3, -0.25) is 4.79 Å². The molecule has 0 aliphatic heterocycles. The van der Waals surface area contributed by atoms with E-state index < -0.39 is 23.6 Å². The molecule has 0 fully saturated rings. The number of methoxy groups -OCH3 is 2. The predicted octanol–water partition coefficient (Wildman–Crippen LogP) is 4.01. The van der Waals surface area contributed by atoms with Gasteiger partial charge in [0, 0.05) is 17.7 Å². The summed E-state index contributed by atoms with van der Waals surface area (Å²) in [6.45, 7) is 1.28. The zero-order valence-electron chi connectivity index (χ0n) is 17.1. The molecule has 31 heavy (non-hydrogen) atoms. The largest absolute Gasteiger partial charge is 0.493 e. The van der Waals surface area contributed by atoms with Gasteiger partial charge in [0.15, 0.2) is 23.0 Å². The van der Waals surface area contributed by atoms with Gasteiger partial charge >= 0.3 is 0 Å². The Morgan fingerprint density at radius 1 is 1.16 bits per heavy atom. The molecule has 1 aromatic heterocycles. The minimum atomic E-state index is -0.756. The first-order chi connectivity index (χ1) is 14.3. The Hall–Kier alpha value is -3.17. The van der Waals surface area contributed by atoms with Crippen LogP contribution in [0.15, 0.2) is 40.8 Å². The Balaban J connectivity index is 0.00000341. The van der Waals surface area contributed by atoms with Crippen molar-refractivity contribution in [2.45, 2.75) is 19.5 Å². The molecule has 0 spiro atoms. The van der Waals surface area contributed by atoms with Crippen LogP contribution in [0, 0.1) is 11.6 Å². The number of halogens is 3. The summed E-state index contributed by atoms with van der Waals surface area (Å²) in [7, 11) is 3.00. The fourth-order valence-corrected chi connectivity index (χ4v) is 2.85. The van der Waals surface area contributed by atoms with Crippen molar-refractivity contribution in [2.24, 2.45) is 5.73 Å². The van der Waals surface area contributed by atoms with Crippen LogP contribution in [0.25, 0.3) is 11.5 Å². The van der Waals surface area contributed by atoms with Crippen LogP contribution in [0.4, 0.5) is 8.78 Å². The number of ether oxygens (including phenoxy) is 2. The number of benzene rings is 2. The first-order valence-electron chi connectivity index (χ1n) is 9.05. The maximum absolute atomic E-state index is 13.8. The zero-order valence-corrected chi connectivity index (χ0v) is 17.9. The Bertz CT molecular complexity index is 1050. The van der Waals surface area contributed by atoms with Gasteiger partial charge in [-0.25, -0.2) is 13.8 Å². The van der Waals surface area contributed by atoms with E-state index in [0.29, 0.717) is 17.1 Å². The number of carbonyl (C=O) groups excluding carboxylic acids is 1. The van der Waals surface area contributed by atoms with Crippen molar-refractivity contribution >= 4 is 18.3 Å². The van der Waals surface area contributed by atoms with E-state index in [1.54, 1.807) is 25.1 Å². The molecule has 0 aliphatic rings. The quantitative estimate of drug-likeness (QED) is 0.560. The van der Waals surface area contributed by atoms with Crippen LogP contribution in [-0.4, -0.2) is 25.1 Å². The van der Waals surface area contributed by atoms with Crippen LogP contribution < -0.4 is 20.5 Å². The highest BCUT2D eigenvalue weighted by atomic mass is 35.5. The number of amides is 1. The first kappa shape index (κ1) is 24.1. The second-order valence-corrected chi connectivity index (χ2v) is 6.47. The third kappa shape index (κ3) is 5.12. The number of oxazole rings is 1. The van der Waals surface area contributed by atoms with Gasteiger partial charge in [0.25, 0.3) is 5.91 Å². The van der Waals surface area contributed by atoms with E-state index in [1.807, 2.05) is 0 Å². The van der Waals surface area contributed by atoms with E-state index >= 15 is 0 Å². The van der Waals surface area contributed by atoms with Gasteiger partial charge in [-0.2, -0.15) is 0 Å². The monoisotopic (exact) mass is 453 g/mol. The van der Waals surface area contributed by atoms with Gasteiger partial charge in [0.05, 0.1) is 20.3 Å². The third-order valence-electron chi connectivity index (χ3n) is 4.40. The SMILES string of the molecule is COc1ccc(-c2nc(C(=O)NCc3c(F)cccc3F)c([C@H](C)N)o2)cc1OC.Cl. The number of carbonyl (C=O) groups is 1. The van der Waals surface area contributed by atoms with Crippen molar-refractivity contribution in [3.63, 3.8) is 0 Å². The lowest BCUT2D eigenvalue weighted by Crippen LogP contribution is -2.26. The Morgan fingerprint density at radius 2 is 1.81 bits per heavy atom. The van der Waals surface area contributed by atoms with E-state index in [4.69, 9.17) is 19.6 Å². The molecule has 1 atom stereocenters. The van der Waals surface area contributed by atoms with E-state index in [-0.39, 0.29) is 41.9 Å². The molecule has 10 heteroatoms. The topological polar surface area (TPSA) is 99.6 Å². The van der Waals surface area contributed by atoms with Gasteiger partial charge in [-0.1, -0.05) is 6.07 Å². The smallest absolute Gasteiger partial charge is 0.273 e. The zero-order chi connectivity index (χ0) is 21.8. The molecule has 0 saturated carbocycles. The van der Waals surface area contributed by atoms with Crippen molar-refractivity contribution in [1.29, 1.82) is 0 Å². The molecule has 0 unspecified atom stereocenters. The summed E-state index contributed by atoms with van der Waals surface area (Å²) < 4.78 is 43.8. The fourth-order valence-electron chi connectivity index (χ4n) is 2.85. The van der Waals surface area contributed by atoms with E-state index in [1.165, 1.54) is 20.3 Å². The molecule has 1 heterocycles. The first-order valence-corrected chi connectivity index (χ1v) is 9.05. The number of hydrogen-bond donors (Lipinski definition) is 2. The van der Waals surface area contributed by atoms with Gasteiger partial charge in [0.2, 0.25) is 5.89 Å². The Labute approximate surface area is 184 Å². The van der Waals surface area contributed by atoms with Crippen LogP contribution >= 0.6 is 12.4 Å². The molecule has 0 saturated heterocycles. The number of rotatable bonds is 7. The second-order valence-electron chi connectivity index (χ2n) is 6.47. The van der Waals surface area contributed by atoms with E-state index in [0.717, 1.165) is 12.1 Å². The highest BCUT2D eigenvalue weighted by molar-refractivity contribution is 5.94. The molecule has 3 N–H and O–H groups in total. The Kier molecular flexibility index (Phi) is 7.95. The molecule has 7 nitrogen and oxygen atoms in total. The molecule has 166 valence electrons. The Morgan fingerprint density at radius 3 is 2.39 bits per heavy atom. The predicted molar refractivity (Wildman–Crippen MR) is 112 cm³/mol. The van der Waals surface area contributed by atoms with Crippen molar-refractivity contribution in [2.75, 3.05) is 14.2 Å². The summed E-state index contributed by atoms with van der Waals surface area (Å²) >= 11 is 0. The molecule has 3 aromatic rings. The lowest BCUT2D eigenvalue weighted by atomic mass is 10.2. The van der Waals surface area contributed by atoms with Crippen LogP contribution in [0.3, 0.4) is 0 Å². The molecule has 0 aliphatic carbocycles. The van der Waals surface area contributed by atoms with Crippen molar-refractivity contribution in [1.82, 2.24) is 10.3 Å². The maximum atomic E-state index is 13.8. The van der Waals surface area contributed by atoms with Crippen LogP contribution in [-0.2, 0) is 6.54 Å². The van der Waals surface area contributed by atoms with Crippen LogP contribution in [0.1, 0.15) is 34.8 Å². The maximum Gasteiger partial charge on any atom is 0.273 e. The summed E-state index contributed by atoms with van der Waals surface area (Å²) in [4.78, 5) is 16.9. The lowest BCUT2D eigenvalue weighted by Gasteiger charge is -2.07. The highest BCUT2D eigenvalue weighted by Crippen LogP contribution is 2.33. The van der Waals surface area contributed by atoms with Gasteiger partial charge in [-0.15, -0.1) is 12.4 Å². The molecule has 1 amide bonds. The number of aromatic nitrogens is 1. The van der Waals surface area contributed by atoms with Gasteiger partial charge in [-0.05, 0) is 37.3 Å². The average Bonchev–Trinajstić information content (AvgIpc) is 3.18. The molecule has 0 bridgehead atoms. The molecular formula is C21H22ClF2N3O4. The molecule has 3 rings (SSSR count). The summed E-state index contributed by atoms with van der Waals surface area (Å²) in [5, 5.41) is 2.46. The number of nitrogens with one attached hydrogen (secondary N) is 1. The average molecular weight is 454 g/mol. The number of nitrogens with zero attached hydrogens (tertiary/aromatic N) is 1. The van der Waals surface area contributed by atoms with Crippen LogP contribution in [0.2, 0.25) is 0 Å². The third-order valence-corrected chi connectivity index (χ3v) is 4.40. The van der Waals surface area contributed by atoms with Crippen molar-refractivity contribution in [3.05, 3.63) is 65.1 Å². The minimum Gasteiger partial charge on any atom is -0.493 e. The standard InChI is InChI=1S/C21H21F2N3O4.ClH/c1-11(24)19-18(20(27)25-10-13-14(22)5-4-6-15(13)23)26-21(30-19)12-7-8-16(28-2)17(9-12)29-3;/h4-9,11H,10,24H2,1-3H3,(H,25,27);1H/t11-;/m0./s1. The fraction of sp³-hybridized carbons (Fsp3) is 0.238. The summed E-state index contributed by atoms with van der Waals surface area (Å²) in [5.74, 6) is -0.915. The molecular weight excluding hydrogens is 432 g/mol. The minimum absolute atomic E-state index is 0. The normalized spacial score (nSPS) is 11.4. The van der Waals surface area contributed by atoms with E-state index in [2.05, 4.69) is 10.3 Å². The van der Waals surface area contributed by atoms with Crippen molar-refractivity contribution in [3.8, 4) is 23.0 Å². The summed E-state index contributed by atoms with van der Waals surface area (Å²) in [5.41, 5.74) is 6.14. The summed E-state index contributed by atoms with van der Waals surface area (Å²) in [6.07, 6.45) is 0. The second kappa shape index (κ2) is 10.2. The van der Waals surface area contributed by atoms with Crippen molar-refractivity contribution < 1.29 is 27.5 Å². The van der Waals surface area contributed by atoms with Gasteiger partial charge in [0.1, 0.15) is 11.6 Å². The molecule has 0 radical (unpaired) electrons. The number of hydrogen-bond acceptors (Lipinski definition) is 6. The lowest BCUT2D eigenvalue weighted by molar-refractivity contribution is 0.0943. The number of nitrogens with two attached hydrogens (primary N) is 1. The highest BCUT2D eigenvalue weighted by Gasteiger charge is 2.24. The van der Waals surface area contributed by atoms with Crippen LogP contribution in [0.5, 0.6) is 11.5 Å².